The maximum atomic E-state index is 12.1. The number of sulfonamides is 1. The largest absolute Gasteiger partial charge is 0.273 e. The highest BCUT2D eigenvalue weighted by atomic mass is 35.5. The van der Waals surface area contributed by atoms with Crippen molar-refractivity contribution >= 4 is 73.5 Å². The summed E-state index contributed by atoms with van der Waals surface area (Å²) >= 11 is 23.9. The molecule has 2 aromatic rings. The van der Waals surface area contributed by atoms with Gasteiger partial charge >= 0.3 is 0 Å². The lowest BCUT2D eigenvalue weighted by molar-refractivity contribution is 0.601. The minimum Gasteiger partial charge on any atom is -0.273 e. The Balaban J connectivity index is 2.45. The van der Waals surface area contributed by atoms with Crippen LogP contribution in [-0.2, 0) is 10.0 Å². The Morgan fingerprint density at radius 3 is 2.16 bits per heavy atom. The minimum atomic E-state index is -3.97. The molecule has 102 valence electrons. The number of nitrogens with one attached hydrogen (secondary N) is 1. The molecule has 2 heterocycles. The van der Waals surface area contributed by atoms with Gasteiger partial charge in [-0.25, -0.2) is 18.4 Å². The van der Waals surface area contributed by atoms with Gasteiger partial charge in [0.15, 0.2) is 10.3 Å². The van der Waals surface area contributed by atoms with E-state index in [2.05, 4.69) is 14.7 Å². The highest BCUT2D eigenvalue weighted by molar-refractivity contribution is 7.93. The third kappa shape index (κ3) is 3.24. The Kier molecular flexibility index (Phi) is 4.44. The lowest BCUT2D eigenvalue weighted by Gasteiger charge is -2.08. The summed E-state index contributed by atoms with van der Waals surface area (Å²) in [5.41, 5.74) is -0.121. The average molecular weight is 379 g/mol. The molecule has 19 heavy (non-hydrogen) atoms. The van der Waals surface area contributed by atoms with Gasteiger partial charge in [0, 0.05) is 0 Å². The first-order valence-corrected chi connectivity index (χ1v) is 8.26. The van der Waals surface area contributed by atoms with Crippen LogP contribution in [-0.4, -0.2) is 18.4 Å². The fourth-order valence-electron chi connectivity index (χ4n) is 1.13. The second kappa shape index (κ2) is 5.59. The van der Waals surface area contributed by atoms with E-state index in [0.717, 1.165) is 17.7 Å². The van der Waals surface area contributed by atoms with E-state index in [-0.39, 0.29) is 29.6 Å². The van der Waals surface area contributed by atoms with Crippen LogP contribution in [0.15, 0.2) is 17.3 Å². The Morgan fingerprint density at radius 2 is 1.68 bits per heavy atom. The van der Waals surface area contributed by atoms with Gasteiger partial charge in [0.05, 0.1) is 4.34 Å². The summed E-state index contributed by atoms with van der Waals surface area (Å²) < 4.78 is 26.7. The van der Waals surface area contributed by atoms with Crippen molar-refractivity contribution in [1.82, 2.24) is 9.97 Å². The molecule has 0 bridgehead atoms. The molecule has 0 fully saturated rings. The fourth-order valence-corrected chi connectivity index (χ4v) is 4.87. The first-order valence-electron chi connectivity index (χ1n) is 4.45. The number of rotatable bonds is 3. The second-order valence-electron chi connectivity index (χ2n) is 3.12. The molecule has 0 aliphatic rings. The Bertz CT molecular complexity index is 711. The van der Waals surface area contributed by atoms with Crippen molar-refractivity contribution in [3.05, 3.63) is 31.4 Å². The molecule has 0 aliphatic heterocycles. The number of halogens is 4. The van der Waals surface area contributed by atoms with Crippen molar-refractivity contribution in [3.63, 3.8) is 0 Å². The van der Waals surface area contributed by atoms with Crippen molar-refractivity contribution in [2.75, 3.05) is 4.72 Å². The quantitative estimate of drug-likeness (QED) is 0.820. The van der Waals surface area contributed by atoms with E-state index >= 15 is 0 Å². The highest BCUT2D eigenvalue weighted by Gasteiger charge is 2.23. The Labute approximate surface area is 132 Å². The van der Waals surface area contributed by atoms with E-state index in [1.807, 2.05) is 0 Å². The first-order chi connectivity index (χ1) is 8.81. The van der Waals surface area contributed by atoms with Crippen molar-refractivity contribution in [3.8, 4) is 0 Å². The fraction of sp³-hybridized carbons (Fsp3) is 0. The molecule has 0 atom stereocenters. The molecule has 2 aromatic heterocycles. The van der Waals surface area contributed by atoms with Gasteiger partial charge in [-0.1, -0.05) is 46.4 Å². The normalized spacial score (nSPS) is 11.6. The van der Waals surface area contributed by atoms with E-state index in [1.165, 1.54) is 6.07 Å². The lowest BCUT2D eigenvalue weighted by Crippen LogP contribution is -2.14. The predicted molar refractivity (Wildman–Crippen MR) is 77.2 cm³/mol. The molecule has 0 aromatic carbocycles. The summed E-state index contributed by atoms with van der Waals surface area (Å²) in [5.74, 6) is 0. The van der Waals surface area contributed by atoms with Crippen molar-refractivity contribution in [2.45, 2.75) is 4.90 Å². The zero-order valence-corrected chi connectivity index (χ0v) is 13.4. The van der Waals surface area contributed by atoms with Gasteiger partial charge in [-0.05, 0) is 6.07 Å². The number of aromatic nitrogens is 2. The molecule has 5 nitrogen and oxygen atoms in total. The van der Waals surface area contributed by atoms with Gasteiger partial charge < -0.3 is 0 Å². The van der Waals surface area contributed by atoms with Gasteiger partial charge in [0.1, 0.15) is 21.2 Å². The van der Waals surface area contributed by atoms with E-state index in [1.54, 1.807) is 0 Å². The standard InChI is InChI=1S/C8H3Cl4N3O2S2/c9-4-1-3(8(12)18-4)19(16,17)15-5-6(10)13-2-14-7(5)11/h1-2,15H. The Hall–Kier alpha value is -0.310. The van der Waals surface area contributed by atoms with Gasteiger partial charge in [-0.15, -0.1) is 11.3 Å². The van der Waals surface area contributed by atoms with Gasteiger partial charge in [-0.3, -0.25) is 4.72 Å². The van der Waals surface area contributed by atoms with Crippen LogP contribution in [0.25, 0.3) is 0 Å². The molecule has 0 radical (unpaired) electrons. The second-order valence-corrected chi connectivity index (χ2v) is 7.78. The molecule has 1 N–H and O–H groups in total. The molecule has 0 saturated carbocycles. The molecular weight excluding hydrogens is 376 g/mol. The van der Waals surface area contributed by atoms with E-state index < -0.39 is 10.0 Å². The van der Waals surface area contributed by atoms with Crippen LogP contribution in [0.3, 0.4) is 0 Å². The average Bonchev–Trinajstić information content (AvgIpc) is 2.64. The summed E-state index contributed by atoms with van der Waals surface area (Å²) in [6, 6.07) is 1.22. The molecule has 2 rings (SSSR count). The van der Waals surface area contributed by atoms with E-state index in [0.29, 0.717) is 0 Å². The predicted octanol–water partition coefficient (Wildman–Crippen LogP) is 3.95. The van der Waals surface area contributed by atoms with E-state index in [9.17, 15) is 8.42 Å². The molecular formula is C8H3Cl4N3O2S2. The molecule has 11 heteroatoms. The van der Waals surface area contributed by atoms with Crippen molar-refractivity contribution in [2.24, 2.45) is 0 Å². The van der Waals surface area contributed by atoms with Crippen molar-refractivity contribution < 1.29 is 8.42 Å². The zero-order valence-electron chi connectivity index (χ0n) is 8.69. The zero-order chi connectivity index (χ0) is 14.2. The van der Waals surface area contributed by atoms with Crippen LogP contribution in [0.5, 0.6) is 0 Å². The third-order valence-corrected chi connectivity index (χ3v) is 5.58. The summed E-state index contributed by atoms with van der Waals surface area (Å²) in [4.78, 5) is 7.10. The van der Waals surface area contributed by atoms with Gasteiger partial charge in [0.25, 0.3) is 10.0 Å². The summed E-state index contributed by atoms with van der Waals surface area (Å²) in [7, 11) is -3.97. The van der Waals surface area contributed by atoms with Crippen LogP contribution in [0, 0.1) is 0 Å². The smallest absolute Gasteiger partial charge is 0.264 e. The SMILES string of the molecule is O=S(=O)(Nc1c(Cl)ncnc1Cl)c1cc(Cl)sc1Cl. The lowest BCUT2D eigenvalue weighted by atomic mass is 10.6. The van der Waals surface area contributed by atoms with E-state index in [4.69, 9.17) is 46.4 Å². The highest BCUT2D eigenvalue weighted by Crippen LogP contribution is 2.36. The molecule has 0 spiro atoms. The van der Waals surface area contributed by atoms with Crippen LogP contribution >= 0.6 is 57.7 Å². The van der Waals surface area contributed by atoms with Crippen LogP contribution in [0.4, 0.5) is 5.69 Å². The van der Waals surface area contributed by atoms with Gasteiger partial charge in [-0.2, -0.15) is 0 Å². The van der Waals surface area contributed by atoms with Crippen LogP contribution < -0.4 is 4.72 Å². The number of thiophene rings is 1. The maximum Gasteiger partial charge on any atom is 0.264 e. The summed E-state index contributed by atoms with van der Waals surface area (Å²) in [6.07, 6.45) is 1.11. The maximum absolute atomic E-state index is 12.1. The number of anilines is 1. The Morgan fingerprint density at radius 1 is 1.11 bits per heavy atom. The molecule has 0 unspecified atom stereocenters. The van der Waals surface area contributed by atoms with Crippen LogP contribution in [0.2, 0.25) is 19.0 Å². The monoisotopic (exact) mass is 377 g/mol. The summed E-state index contributed by atoms with van der Waals surface area (Å²) in [5, 5.41) is -0.248. The first kappa shape index (κ1) is 15.1. The third-order valence-electron chi connectivity index (χ3n) is 1.91. The molecule has 0 amide bonds. The number of nitrogens with zero attached hydrogens (tertiary/aromatic N) is 2. The summed E-state index contributed by atoms with van der Waals surface area (Å²) in [6.45, 7) is 0. The minimum absolute atomic E-state index is 0.0293. The number of hydrogen-bond donors (Lipinski definition) is 1. The van der Waals surface area contributed by atoms with Crippen molar-refractivity contribution in [1.29, 1.82) is 0 Å². The van der Waals surface area contributed by atoms with Crippen LogP contribution in [0.1, 0.15) is 0 Å². The molecule has 0 saturated heterocycles. The topological polar surface area (TPSA) is 72.0 Å². The van der Waals surface area contributed by atoms with Gasteiger partial charge in [0.2, 0.25) is 0 Å². The number of hydrogen-bond acceptors (Lipinski definition) is 5. The molecule has 0 aliphatic carbocycles.